The van der Waals surface area contributed by atoms with E-state index in [0.29, 0.717) is 0 Å². The van der Waals surface area contributed by atoms with E-state index in [9.17, 15) is 9.18 Å². The minimum atomic E-state index is -0.642. The molecular weight excluding hydrogens is 251 g/mol. The number of Topliss-reactive ketones (excluding diaryl/α,β-unsaturated/α-hetero) is 1. The third kappa shape index (κ3) is 2.77. The highest BCUT2D eigenvalue weighted by Crippen LogP contribution is 2.19. The van der Waals surface area contributed by atoms with Crippen molar-refractivity contribution in [3.05, 3.63) is 70.0 Å². The summed E-state index contributed by atoms with van der Waals surface area (Å²) in [6, 6.07) is 12.1. The van der Waals surface area contributed by atoms with Crippen LogP contribution in [0.5, 0.6) is 0 Å². The van der Waals surface area contributed by atoms with Gasteiger partial charge in [0.25, 0.3) is 0 Å². The van der Waals surface area contributed by atoms with Gasteiger partial charge in [0.2, 0.25) is 0 Å². The molecule has 0 bridgehead atoms. The smallest absolute Gasteiger partial charge is 0.170 e. The van der Waals surface area contributed by atoms with Crippen LogP contribution in [0.3, 0.4) is 0 Å². The van der Waals surface area contributed by atoms with Crippen molar-refractivity contribution in [1.29, 1.82) is 0 Å². The van der Waals surface area contributed by atoms with Crippen LogP contribution in [-0.4, -0.2) is 5.78 Å². The molecule has 2 aromatic rings. The Hall–Kier alpha value is -1.67. The van der Waals surface area contributed by atoms with Crippen LogP contribution in [0, 0.1) is 12.7 Å². The van der Waals surface area contributed by atoms with Crippen LogP contribution in [-0.2, 0) is 6.42 Å². The lowest BCUT2D eigenvalue weighted by molar-refractivity contribution is 0.0989. The first-order valence-corrected chi connectivity index (χ1v) is 5.98. The second kappa shape index (κ2) is 5.32. The molecule has 0 saturated heterocycles. The Morgan fingerprint density at radius 2 is 1.83 bits per heavy atom. The number of ketones is 1. The lowest BCUT2D eigenvalue weighted by Gasteiger charge is -2.04. The van der Waals surface area contributed by atoms with Crippen molar-refractivity contribution in [2.75, 3.05) is 0 Å². The van der Waals surface area contributed by atoms with Crippen molar-refractivity contribution in [2.24, 2.45) is 0 Å². The van der Waals surface area contributed by atoms with Gasteiger partial charge in [-0.2, -0.15) is 0 Å². The first-order valence-electron chi connectivity index (χ1n) is 5.60. The van der Waals surface area contributed by atoms with E-state index in [1.54, 1.807) is 6.07 Å². The number of benzene rings is 2. The van der Waals surface area contributed by atoms with E-state index in [1.165, 1.54) is 12.1 Å². The maximum atomic E-state index is 13.7. The fourth-order valence-corrected chi connectivity index (χ4v) is 1.88. The molecule has 0 aliphatic carbocycles. The van der Waals surface area contributed by atoms with Crippen molar-refractivity contribution in [1.82, 2.24) is 0 Å². The Morgan fingerprint density at radius 3 is 2.50 bits per heavy atom. The topological polar surface area (TPSA) is 17.1 Å². The van der Waals surface area contributed by atoms with Crippen LogP contribution in [0.15, 0.2) is 42.5 Å². The van der Waals surface area contributed by atoms with Gasteiger partial charge < -0.3 is 0 Å². The minimum Gasteiger partial charge on any atom is -0.294 e. The molecule has 0 aliphatic heterocycles. The van der Waals surface area contributed by atoms with Gasteiger partial charge in [0.05, 0.1) is 10.6 Å². The highest BCUT2D eigenvalue weighted by Gasteiger charge is 2.14. The van der Waals surface area contributed by atoms with Crippen LogP contribution in [0.2, 0.25) is 5.02 Å². The number of halogens is 2. The van der Waals surface area contributed by atoms with Crippen LogP contribution in [0.4, 0.5) is 4.39 Å². The largest absolute Gasteiger partial charge is 0.294 e. The standard InChI is InChI=1S/C15H12ClFO/c1-10-5-7-11(8-6-10)9-14(18)12-3-2-4-13(16)15(12)17/h2-8H,9H2,1H3. The van der Waals surface area contributed by atoms with Gasteiger partial charge in [0, 0.05) is 6.42 Å². The normalized spacial score (nSPS) is 10.4. The van der Waals surface area contributed by atoms with Gasteiger partial charge in [-0.15, -0.1) is 0 Å². The minimum absolute atomic E-state index is 0.0234. The second-order valence-electron chi connectivity index (χ2n) is 4.19. The molecular formula is C15H12ClFO. The summed E-state index contributed by atoms with van der Waals surface area (Å²) in [6.45, 7) is 1.97. The Labute approximate surface area is 110 Å². The van der Waals surface area contributed by atoms with Gasteiger partial charge >= 0.3 is 0 Å². The van der Waals surface area contributed by atoms with Crippen LogP contribution >= 0.6 is 11.6 Å². The molecule has 0 unspecified atom stereocenters. The van der Waals surface area contributed by atoms with Gasteiger partial charge in [0.15, 0.2) is 11.6 Å². The van der Waals surface area contributed by atoms with Gasteiger partial charge in [-0.3, -0.25) is 4.79 Å². The average Bonchev–Trinajstić information content (AvgIpc) is 2.35. The molecule has 0 fully saturated rings. The fraction of sp³-hybridized carbons (Fsp3) is 0.133. The van der Waals surface area contributed by atoms with E-state index in [2.05, 4.69) is 0 Å². The molecule has 0 amide bonds. The number of aryl methyl sites for hydroxylation is 1. The monoisotopic (exact) mass is 262 g/mol. The van der Waals surface area contributed by atoms with Gasteiger partial charge in [0.1, 0.15) is 0 Å². The molecule has 92 valence electrons. The molecule has 2 aromatic carbocycles. The SMILES string of the molecule is Cc1ccc(CC(=O)c2cccc(Cl)c2F)cc1. The summed E-state index contributed by atoms with van der Waals surface area (Å²) in [7, 11) is 0. The predicted molar refractivity (Wildman–Crippen MR) is 70.6 cm³/mol. The van der Waals surface area contributed by atoms with E-state index in [1.807, 2.05) is 31.2 Å². The Morgan fingerprint density at radius 1 is 1.17 bits per heavy atom. The van der Waals surface area contributed by atoms with Crippen molar-refractivity contribution in [3.8, 4) is 0 Å². The van der Waals surface area contributed by atoms with Gasteiger partial charge in [-0.25, -0.2) is 4.39 Å². The highest BCUT2D eigenvalue weighted by molar-refractivity contribution is 6.31. The first kappa shape index (κ1) is 12.8. The van der Waals surface area contributed by atoms with E-state index in [-0.39, 0.29) is 22.8 Å². The van der Waals surface area contributed by atoms with Gasteiger partial charge in [-0.1, -0.05) is 47.5 Å². The average molecular weight is 263 g/mol. The number of carbonyl (C=O) groups excluding carboxylic acids is 1. The number of rotatable bonds is 3. The number of hydrogen-bond acceptors (Lipinski definition) is 1. The van der Waals surface area contributed by atoms with Crippen molar-refractivity contribution in [2.45, 2.75) is 13.3 Å². The molecule has 0 saturated carbocycles. The van der Waals surface area contributed by atoms with Gasteiger partial charge in [-0.05, 0) is 24.6 Å². The van der Waals surface area contributed by atoms with Crippen LogP contribution in [0.25, 0.3) is 0 Å². The molecule has 0 aliphatic rings. The Bertz CT molecular complexity index is 576. The first-order chi connectivity index (χ1) is 8.58. The predicted octanol–water partition coefficient (Wildman–Crippen LogP) is 4.21. The highest BCUT2D eigenvalue weighted by atomic mass is 35.5. The summed E-state index contributed by atoms with van der Waals surface area (Å²) < 4.78 is 13.7. The Balaban J connectivity index is 2.22. The lowest BCUT2D eigenvalue weighted by atomic mass is 10.0. The quantitative estimate of drug-likeness (QED) is 0.757. The number of carbonyl (C=O) groups is 1. The summed E-state index contributed by atoms with van der Waals surface area (Å²) in [4.78, 5) is 12.0. The third-order valence-corrected chi connectivity index (χ3v) is 3.03. The summed E-state index contributed by atoms with van der Waals surface area (Å²) >= 11 is 5.65. The zero-order chi connectivity index (χ0) is 13.1. The molecule has 0 aromatic heterocycles. The zero-order valence-corrected chi connectivity index (χ0v) is 10.7. The summed E-state index contributed by atoms with van der Waals surface area (Å²) in [5.74, 6) is -0.907. The molecule has 3 heteroatoms. The van der Waals surface area contributed by atoms with Crippen molar-refractivity contribution < 1.29 is 9.18 Å². The van der Waals surface area contributed by atoms with Crippen molar-refractivity contribution in [3.63, 3.8) is 0 Å². The fourth-order valence-electron chi connectivity index (χ4n) is 1.71. The Kier molecular flexibility index (Phi) is 3.78. The molecule has 0 radical (unpaired) electrons. The maximum absolute atomic E-state index is 13.7. The number of hydrogen-bond donors (Lipinski definition) is 0. The summed E-state index contributed by atoms with van der Waals surface area (Å²) in [5, 5.41) is -0.0234. The molecule has 18 heavy (non-hydrogen) atoms. The molecule has 0 atom stereocenters. The zero-order valence-electron chi connectivity index (χ0n) is 9.91. The molecule has 0 spiro atoms. The maximum Gasteiger partial charge on any atom is 0.170 e. The second-order valence-corrected chi connectivity index (χ2v) is 4.59. The van der Waals surface area contributed by atoms with E-state index >= 15 is 0 Å². The van der Waals surface area contributed by atoms with E-state index < -0.39 is 5.82 Å². The third-order valence-electron chi connectivity index (χ3n) is 2.74. The van der Waals surface area contributed by atoms with E-state index in [0.717, 1.165) is 11.1 Å². The molecule has 0 N–H and O–H groups in total. The van der Waals surface area contributed by atoms with Crippen LogP contribution < -0.4 is 0 Å². The summed E-state index contributed by atoms with van der Waals surface area (Å²) in [6.07, 6.45) is 0.178. The lowest BCUT2D eigenvalue weighted by Crippen LogP contribution is -2.06. The molecule has 2 rings (SSSR count). The molecule has 0 heterocycles. The summed E-state index contributed by atoms with van der Waals surface area (Å²) in [5.41, 5.74) is 2.04. The van der Waals surface area contributed by atoms with Crippen molar-refractivity contribution >= 4 is 17.4 Å². The molecule has 1 nitrogen and oxygen atoms in total. The van der Waals surface area contributed by atoms with E-state index in [4.69, 9.17) is 11.6 Å². The van der Waals surface area contributed by atoms with Crippen LogP contribution in [0.1, 0.15) is 21.5 Å².